The van der Waals surface area contributed by atoms with Gasteiger partial charge in [-0.2, -0.15) is 26.3 Å². The molecule has 0 unspecified atom stereocenters. The van der Waals surface area contributed by atoms with E-state index in [-0.39, 0.29) is 22.5 Å². The van der Waals surface area contributed by atoms with Crippen molar-refractivity contribution in [3.8, 4) is 51.0 Å². The summed E-state index contributed by atoms with van der Waals surface area (Å²) in [6.45, 7) is 0. The topological polar surface area (TPSA) is 43.6 Å². The van der Waals surface area contributed by atoms with Crippen molar-refractivity contribution in [2.24, 2.45) is 0 Å². The van der Waals surface area contributed by atoms with E-state index in [0.717, 1.165) is 55.6 Å². The minimum atomic E-state index is -4.72. The van der Waals surface area contributed by atoms with Gasteiger partial charge in [0.05, 0.1) is 27.8 Å². The largest absolute Gasteiger partial charge is 0.416 e. The van der Waals surface area contributed by atoms with Crippen molar-refractivity contribution >= 4 is 53.3 Å². The van der Waals surface area contributed by atoms with E-state index in [0.29, 0.717) is 39.1 Å². The molecule has 0 bridgehead atoms. The molecule has 10 rings (SSSR count). The van der Waals surface area contributed by atoms with E-state index >= 15 is 0 Å². The Morgan fingerprint density at radius 1 is 0.397 bits per heavy atom. The van der Waals surface area contributed by atoms with E-state index in [4.69, 9.17) is 15.0 Å². The van der Waals surface area contributed by atoms with Gasteiger partial charge in [-0.3, -0.25) is 0 Å². The van der Waals surface area contributed by atoms with Crippen molar-refractivity contribution in [3.05, 3.63) is 169 Å². The maximum Gasteiger partial charge on any atom is 0.416 e. The van der Waals surface area contributed by atoms with Crippen LogP contribution in [-0.4, -0.2) is 19.5 Å². The smallest absolute Gasteiger partial charge is 0.308 e. The Balaban J connectivity index is 1.31. The van der Waals surface area contributed by atoms with Crippen LogP contribution >= 0.6 is 11.3 Å². The Bertz CT molecular complexity index is 3080. The second kappa shape index (κ2) is 13.4. The molecule has 0 atom stereocenters. The number of rotatable bonds is 5. The third kappa shape index (κ3) is 6.15. The fraction of sp³-hybridized carbons (Fsp3) is 0.0426. The zero-order valence-corrected chi connectivity index (χ0v) is 30.8. The lowest BCUT2D eigenvalue weighted by atomic mass is 9.99. The second-order valence-corrected chi connectivity index (χ2v) is 15.0. The minimum Gasteiger partial charge on any atom is -0.308 e. The Kier molecular flexibility index (Phi) is 8.20. The van der Waals surface area contributed by atoms with E-state index in [9.17, 15) is 26.3 Å². The summed E-state index contributed by atoms with van der Waals surface area (Å²) in [4.78, 5) is 14.8. The molecule has 0 fully saturated rings. The Morgan fingerprint density at radius 2 is 0.897 bits per heavy atom. The fourth-order valence-corrected chi connectivity index (χ4v) is 8.64. The zero-order chi connectivity index (χ0) is 39.8. The summed E-state index contributed by atoms with van der Waals surface area (Å²) in [5.41, 5.74) is 1.91. The second-order valence-electron chi connectivity index (χ2n) is 13.9. The Morgan fingerprint density at radius 3 is 1.48 bits per heavy atom. The molecule has 0 saturated heterocycles. The zero-order valence-electron chi connectivity index (χ0n) is 30.0. The number of nitrogens with zero attached hydrogens (tertiary/aromatic N) is 4. The van der Waals surface area contributed by atoms with Crippen LogP contribution in [0.3, 0.4) is 0 Å². The number of benzene rings is 7. The molecule has 282 valence electrons. The van der Waals surface area contributed by atoms with E-state index in [2.05, 4.69) is 24.3 Å². The molecular formula is C47H26F6N4S. The van der Waals surface area contributed by atoms with Crippen LogP contribution < -0.4 is 0 Å². The molecule has 11 heteroatoms. The van der Waals surface area contributed by atoms with Crippen LogP contribution in [0.5, 0.6) is 0 Å². The predicted molar refractivity (Wildman–Crippen MR) is 219 cm³/mol. The van der Waals surface area contributed by atoms with Gasteiger partial charge in [-0.25, -0.2) is 15.0 Å². The van der Waals surface area contributed by atoms with Gasteiger partial charge in [-0.1, -0.05) is 103 Å². The van der Waals surface area contributed by atoms with Crippen molar-refractivity contribution in [3.63, 3.8) is 0 Å². The number of aromatic nitrogens is 4. The highest BCUT2D eigenvalue weighted by Crippen LogP contribution is 2.43. The number of hydrogen-bond acceptors (Lipinski definition) is 4. The monoisotopic (exact) mass is 792 g/mol. The van der Waals surface area contributed by atoms with E-state index < -0.39 is 23.5 Å². The van der Waals surface area contributed by atoms with Crippen LogP contribution in [0.1, 0.15) is 11.1 Å². The average Bonchev–Trinajstić information content (AvgIpc) is 3.78. The standard InChI is InChI=1S/C47H26F6N4S/c48-46(49,50)31-17-19-33-34-20-18-32(47(51,52)53)26-40(34)57(39(33)25-31)38-21-15-29(30-16-22-42-36(23-30)35-13-7-8-14-41(35)58-42)24-37(38)45-55-43(27-9-3-1-4-10-27)54-44(56-45)28-11-5-2-6-12-28/h1-26H. The van der Waals surface area contributed by atoms with Crippen molar-refractivity contribution in [2.75, 3.05) is 0 Å². The summed E-state index contributed by atoms with van der Waals surface area (Å²) < 4.78 is 89.6. The molecule has 0 radical (unpaired) electrons. The van der Waals surface area contributed by atoms with Crippen LogP contribution in [-0.2, 0) is 12.4 Å². The predicted octanol–water partition coefficient (Wildman–Crippen LogP) is 14.0. The van der Waals surface area contributed by atoms with Crippen molar-refractivity contribution < 1.29 is 26.3 Å². The van der Waals surface area contributed by atoms with Gasteiger partial charge in [0.15, 0.2) is 17.5 Å². The van der Waals surface area contributed by atoms with Crippen LogP contribution in [0.4, 0.5) is 26.3 Å². The lowest BCUT2D eigenvalue weighted by molar-refractivity contribution is -0.138. The number of halogens is 6. The van der Waals surface area contributed by atoms with Gasteiger partial charge in [0.2, 0.25) is 0 Å². The first-order valence-corrected chi connectivity index (χ1v) is 19.0. The lowest BCUT2D eigenvalue weighted by Crippen LogP contribution is -2.07. The highest BCUT2D eigenvalue weighted by molar-refractivity contribution is 7.25. The highest BCUT2D eigenvalue weighted by Gasteiger charge is 2.34. The summed E-state index contributed by atoms with van der Waals surface area (Å²) in [6.07, 6.45) is -9.43. The Labute approximate surface area is 330 Å². The number of alkyl halides is 6. The number of fused-ring (bicyclic) bond motifs is 6. The molecule has 3 aromatic heterocycles. The first-order chi connectivity index (χ1) is 28.0. The highest BCUT2D eigenvalue weighted by atomic mass is 32.1. The van der Waals surface area contributed by atoms with Crippen molar-refractivity contribution in [1.29, 1.82) is 0 Å². The molecule has 3 heterocycles. The maximum atomic E-state index is 14.3. The van der Waals surface area contributed by atoms with E-state index in [1.165, 1.54) is 16.7 Å². The molecule has 0 saturated carbocycles. The SMILES string of the molecule is FC(F)(F)c1ccc2c3ccc(C(F)(F)F)cc3n(-c3ccc(-c4ccc5sc6ccccc6c5c4)cc3-c3nc(-c4ccccc4)nc(-c4ccccc4)n3)c2c1. The summed E-state index contributed by atoms with van der Waals surface area (Å²) in [5, 5.41) is 2.87. The van der Waals surface area contributed by atoms with Gasteiger partial charge in [0.25, 0.3) is 0 Å². The van der Waals surface area contributed by atoms with Crippen LogP contribution in [0.2, 0.25) is 0 Å². The molecule has 0 N–H and O–H groups in total. The van der Waals surface area contributed by atoms with Gasteiger partial charge in [-0.15, -0.1) is 11.3 Å². The summed E-state index contributed by atoms with van der Waals surface area (Å²) in [7, 11) is 0. The molecular weight excluding hydrogens is 767 g/mol. The molecule has 0 aliphatic heterocycles. The molecule has 0 aliphatic carbocycles. The van der Waals surface area contributed by atoms with Gasteiger partial charge in [0, 0.05) is 47.6 Å². The molecule has 58 heavy (non-hydrogen) atoms. The minimum absolute atomic E-state index is 0.0740. The third-order valence-electron chi connectivity index (χ3n) is 10.3. The quantitative estimate of drug-likeness (QED) is 0.163. The summed E-state index contributed by atoms with van der Waals surface area (Å²) in [5.74, 6) is 0.862. The summed E-state index contributed by atoms with van der Waals surface area (Å²) in [6, 6.07) is 44.7. The molecule has 0 spiro atoms. The molecule has 7 aromatic carbocycles. The number of hydrogen-bond donors (Lipinski definition) is 0. The van der Waals surface area contributed by atoms with Gasteiger partial charge < -0.3 is 4.57 Å². The van der Waals surface area contributed by atoms with Crippen LogP contribution in [0.25, 0.3) is 93.0 Å². The summed E-state index contributed by atoms with van der Waals surface area (Å²) >= 11 is 1.68. The van der Waals surface area contributed by atoms with Gasteiger partial charge in [0.1, 0.15) is 0 Å². The lowest BCUT2D eigenvalue weighted by Gasteiger charge is -2.17. The normalized spacial score (nSPS) is 12.3. The Hall–Kier alpha value is -6.85. The fourth-order valence-electron chi connectivity index (χ4n) is 7.56. The van der Waals surface area contributed by atoms with E-state index in [1.54, 1.807) is 17.4 Å². The van der Waals surface area contributed by atoms with Crippen molar-refractivity contribution in [2.45, 2.75) is 12.4 Å². The first-order valence-electron chi connectivity index (χ1n) is 18.2. The van der Waals surface area contributed by atoms with Gasteiger partial charge in [-0.05, 0) is 65.7 Å². The van der Waals surface area contributed by atoms with Crippen LogP contribution in [0.15, 0.2) is 158 Å². The van der Waals surface area contributed by atoms with Crippen LogP contribution in [0, 0.1) is 0 Å². The molecule has 0 amide bonds. The van der Waals surface area contributed by atoms with E-state index in [1.807, 2.05) is 91.0 Å². The maximum absolute atomic E-state index is 14.3. The molecule has 10 aromatic rings. The van der Waals surface area contributed by atoms with Gasteiger partial charge >= 0.3 is 12.4 Å². The third-order valence-corrected chi connectivity index (χ3v) is 11.5. The average molecular weight is 793 g/mol. The first kappa shape index (κ1) is 35.6. The molecule has 4 nitrogen and oxygen atoms in total. The van der Waals surface area contributed by atoms with Crippen molar-refractivity contribution in [1.82, 2.24) is 19.5 Å². The number of thiophene rings is 1. The molecule has 0 aliphatic rings.